The Bertz CT molecular complexity index is 805. The fourth-order valence-corrected chi connectivity index (χ4v) is 2.98. The second-order valence-electron chi connectivity index (χ2n) is 4.35. The van der Waals surface area contributed by atoms with Gasteiger partial charge >= 0.3 is 5.97 Å². The van der Waals surface area contributed by atoms with Crippen LogP contribution in [0.15, 0.2) is 53.6 Å². The van der Waals surface area contributed by atoms with Gasteiger partial charge in [-0.25, -0.2) is 9.78 Å². The quantitative estimate of drug-likeness (QED) is 0.442. The molecule has 0 unspecified atom stereocenters. The molecule has 0 amide bonds. The van der Waals surface area contributed by atoms with Crippen molar-refractivity contribution in [3.63, 3.8) is 0 Å². The Morgan fingerprint density at radius 1 is 1.10 bits per heavy atom. The number of hydrogen-bond donors (Lipinski definition) is 2. The Morgan fingerprint density at radius 2 is 1.76 bits per heavy atom. The summed E-state index contributed by atoms with van der Waals surface area (Å²) >= 11 is 1.50. The summed E-state index contributed by atoms with van der Waals surface area (Å²) in [5.41, 5.74) is 2.40. The first kappa shape index (κ1) is 13.3. The lowest BCUT2D eigenvalue weighted by Gasteiger charge is -2.02. The number of hydrazone groups is 1. The Balaban J connectivity index is 2.03. The number of carboxylic acid groups (broad SMARTS) is 1. The van der Waals surface area contributed by atoms with Crippen LogP contribution in [-0.2, 0) is 0 Å². The van der Waals surface area contributed by atoms with E-state index in [1.165, 1.54) is 23.5 Å². The fourth-order valence-electron chi connectivity index (χ4n) is 2.00. The molecule has 0 aliphatic rings. The fraction of sp³-hybridized carbons (Fsp3) is 0. The summed E-state index contributed by atoms with van der Waals surface area (Å²) in [5.74, 6) is 4.53. The van der Waals surface area contributed by atoms with Crippen LogP contribution >= 0.6 is 11.3 Å². The molecule has 0 atom stereocenters. The molecule has 0 aliphatic carbocycles. The molecule has 0 spiro atoms. The molecule has 6 heteroatoms. The van der Waals surface area contributed by atoms with Gasteiger partial charge < -0.3 is 10.9 Å². The minimum atomic E-state index is -0.965. The molecule has 104 valence electrons. The van der Waals surface area contributed by atoms with Gasteiger partial charge in [-0.1, -0.05) is 24.3 Å². The van der Waals surface area contributed by atoms with Crippen molar-refractivity contribution in [2.45, 2.75) is 0 Å². The first-order chi connectivity index (χ1) is 10.2. The number of benzene rings is 2. The number of aromatic carboxylic acids is 1. The van der Waals surface area contributed by atoms with Crippen molar-refractivity contribution in [3.05, 3.63) is 64.7 Å². The molecule has 0 bridgehead atoms. The number of carboxylic acids is 1. The summed E-state index contributed by atoms with van der Waals surface area (Å²) in [5, 5.41) is 13.4. The summed E-state index contributed by atoms with van der Waals surface area (Å²) in [7, 11) is 0. The van der Waals surface area contributed by atoms with Crippen molar-refractivity contribution in [2.24, 2.45) is 10.9 Å². The van der Waals surface area contributed by atoms with Gasteiger partial charge in [0.25, 0.3) is 0 Å². The maximum absolute atomic E-state index is 10.9. The van der Waals surface area contributed by atoms with Gasteiger partial charge in [0.2, 0.25) is 0 Å². The van der Waals surface area contributed by atoms with Crippen LogP contribution in [-0.4, -0.2) is 21.8 Å². The number of nitrogens with two attached hydrogens (primary N) is 1. The molecular formula is C15H11N3O2S. The zero-order chi connectivity index (χ0) is 14.8. The second-order valence-corrected chi connectivity index (χ2v) is 5.38. The monoisotopic (exact) mass is 297 g/mol. The van der Waals surface area contributed by atoms with Gasteiger partial charge in [0.05, 0.1) is 15.8 Å². The van der Waals surface area contributed by atoms with Crippen LogP contribution in [0.4, 0.5) is 0 Å². The van der Waals surface area contributed by atoms with Crippen molar-refractivity contribution in [3.8, 4) is 0 Å². The van der Waals surface area contributed by atoms with Crippen LogP contribution in [0.3, 0.4) is 0 Å². The van der Waals surface area contributed by atoms with E-state index in [-0.39, 0.29) is 5.56 Å². The molecular weight excluding hydrogens is 286 g/mol. The van der Waals surface area contributed by atoms with Crippen LogP contribution in [0.1, 0.15) is 20.9 Å². The van der Waals surface area contributed by atoms with E-state index in [0.717, 1.165) is 15.8 Å². The minimum absolute atomic E-state index is 0.222. The lowest BCUT2D eigenvalue weighted by atomic mass is 10.1. The van der Waals surface area contributed by atoms with Crippen LogP contribution < -0.4 is 5.84 Å². The largest absolute Gasteiger partial charge is 0.478 e. The summed E-state index contributed by atoms with van der Waals surface area (Å²) in [6.45, 7) is 0. The van der Waals surface area contributed by atoms with Crippen LogP contribution in [0.2, 0.25) is 0 Å². The molecule has 3 rings (SSSR count). The van der Waals surface area contributed by atoms with Gasteiger partial charge in [0.1, 0.15) is 10.7 Å². The molecule has 0 saturated heterocycles. The van der Waals surface area contributed by atoms with Gasteiger partial charge in [-0.2, -0.15) is 5.10 Å². The Labute approximate surface area is 124 Å². The lowest BCUT2D eigenvalue weighted by molar-refractivity contribution is 0.0697. The zero-order valence-electron chi connectivity index (χ0n) is 10.9. The van der Waals surface area contributed by atoms with E-state index in [1.54, 1.807) is 12.1 Å². The highest BCUT2D eigenvalue weighted by atomic mass is 32.1. The first-order valence-electron chi connectivity index (χ1n) is 6.16. The Kier molecular flexibility index (Phi) is 3.37. The molecule has 0 aliphatic heterocycles. The van der Waals surface area contributed by atoms with Crippen molar-refractivity contribution in [1.82, 2.24) is 4.98 Å². The van der Waals surface area contributed by atoms with Crippen molar-refractivity contribution in [2.75, 3.05) is 0 Å². The number of aromatic nitrogens is 1. The molecule has 3 N–H and O–H groups in total. The van der Waals surface area contributed by atoms with Crippen LogP contribution in [0.5, 0.6) is 0 Å². The zero-order valence-corrected chi connectivity index (χ0v) is 11.7. The molecule has 0 saturated carbocycles. The average molecular weight is 297 g/mol. The van der Waals surface area contributed by atoms with E-state index in [1.807, 2.05) is 24.3 Å². The predicted octanol–water partition coefficient (Wildman–Crippen LogP) is 2.71. The van der Waals surface area contributed by atoms with Gasteiger partial charge in [-0.15, -0.1) is 11.3 Å². The van der Waals surface area contributed by atoms with Crippen LogP contribution in [0, 0.1) is 0 Å². The van der Waals surface area contributed by atoms with E-state index in [2.05, 4.69) is 10.1 Å². The molecule has 21 heavy (non-hydrogen) atoms. The number of thiazole rings is 1. The van der Waals surface area contributed by atoms with Crippen molar-refractivity contribution < 1.29 is 9.90 Å². The minimum Gasteiger partial charge on any atom is -0.478 e. The molecule has 5 nitrogen and oxygen atoms in total. The van der Waals surface area contributed by atoms with Crippen molar-refractivity contribution >= 4 is 33.2 Å². The SMILES string of the molecule is N/N=C(\c1ccc(C(=O)O)cc1)c1nc2ccccc2s1. The third-order valence-electron chi connectivity index (χ3n) is 3.03. The number of para-hydroxylation sites is 1. The molecule has 0 fully saturated rings. The van der Waals surface area contributed by atoms with E-state index >= 15 is 0 Å². The highest BCUT2D eigenvalue weighted by Gasteiger charge is 2.13. The smallest absolute Gasteiger partial charge is 0.335 e. The third kappa shape index (κ3) is 2.48. The number of nitrogens with zero attached hydrogens (tertiary/aromatic N) is 2. The summed E-state index contributed by atoms with van der Waals surface area (Å²) in [6, 6.07) is 14.2. The van der Waals surface area contributed by atoms with Crippen molar-refractivity contribution in [1.29, 1.82) is 0 Å². The maximum atomic E-state index is 10.9. The highest BCUT2D eigenvalue weighted by molar-refractivity contribution is 7.20. The van der Waals surface area contributed by atoms with Gasteiger partial charge in [0.15, 0.2) is 0 Å². The van der Waals surface area contributed by atoms with Gasteiger partial charge in [0, 0.05) is 5.56 Å². The maximum Gasteiger partial charge on any atom is 0.335 e. The number of hydrogen-bond acceptors (Lipinski definition) is 5. The molecule has 1 heterocycles. The van der Waals surface area contributed by atoms with E-state index < -0.39 is 5.97 Å². The normalized spacial score (nSPS) is 11.7. The third-order valence-corrected chi connectivity index (χ3v) is 4.07. The van der Waals surface area contributed by atoms with E-state index in [4.69, 9.17) is 10.9 Å². The number of carbonyl (C=O) groups is 1. The van der Waals surface area contributed by atoms with Gasteiger partial charge in [-0.05, 0) is 24.3 Å². The van der Waals surface area contributed by atoms with E-state index in [9.17, 15) is 4.79 Å². The molecule has 1 aromatic heterocycles. The molecule has 3 aromatic rings. The van der Waals surface area contributed by atoms with Crippen LogP contribution in [0.25, 0.3) is 10.2 Å². The molecule has 2 aromatic carbocycles. The Hall–Kier alpha value is -2.73. The standard InChI is InChI=1S/C15H11N3O2S/c16-18-13(9-5-7-10(8-6-9)15(19)20)14-17-11-3-1-2-4-12(11)21-14/h1-8H,16H2,(H,19,20)/b18-13+. The molecule has 0 radical (unpaired) electrons. The number of fused-ring (bicyclic) bond motifs is 1. The van der Waals surface area contributed by atoms with E-state index in [0.29, 0.717) is 10.7 Å². The Morgan fingerprint density at radius 3 is 2.38 bits per heavy atom. The lowest BCUT2D eigenvalue weighted by Crippen LogP contribution is -2.06. The summed E-state index contributed by atoms with van der Waals surface area (Å²) in [6.07, 6.45) is 0. The predicted molar refractivity (Wildman–Crippen MR) is 82.8 cm³/mol. The topological polar surface area (TPSA) is 88.6 Å². The number of rotatable bonds is 3. The first-order valence-corrected chi connectivity index (χ1v) is 6.98. The average Bonchev–Trinajstić information content (AvgIpc) is 2.92. The summed E-state index contributed by atoms with van der Waals surface area (Å²) in [4.78, 5) is 15.4. The second kappa shape index (κ2) is 5.34. The highest BCUT2D eigenvalue weighted by Crippen LogP contribution is 2.24. The van der Waals surface area contributed by atoms with Gasteiger partial charge in [-0.3, -0.25) is 0 Å². The summed E-state index contributed by atoms with van der Waals surface area (Å²) < 4.78 is 1.05.